The Morgan fingerprint density at radius 1 is 1.57 bits per heavy atom. The van der Waals surface area contributed by atoms with Crippen molar-refractivity contribution in [2.75, 3.05) is 20.2 Å². The van der Waals surface area contributed by atoms with Gasteiger partial charge in [-0.25, -0.2) is 4.98 Å². The molecule has 1 aromatic rings. The molecule has 0 aromatic carbocycles. The molecular weight excluding hydrogens is 357 g/mol. The Balaban J connectivity index is 0.00000242. The predicted octanol–water partition coefficient (Wildman–Crippen LogP) is 3.18. The summed E-state index contributed by atoms with van der Waals surface area (Å²) in [6, 6.07) is 0.351. The molecule has 1 fully saturated rings. The zero-order valence-corrected chi connectivity index (χ0v) is 16.4. The lowest BCUT2D eigenvalue weighted by Gasteiger charge is -2.18. The molecule has 23 heavy (non-hydrogen) atoms. The molecule has 1 aliphatic heterocycles. The molecule has 8 heteroatoms. The summed E-state index contributed by atoms with van der Waals surface area (Å²) in [6.07, 6.45) is 2.89. The van der Waals surface area contributed by atoms with Crippen LogP contribution in [0.25, 0.3) is 0 Å². The van der Waals surface area contributed by atoms with Crippen LogP contribution in [0.1, 0.15) is 49.9 Å². The van der Waals surface area contributed by atoms with Crippen LogP contribution in [0.15, 0.2) is 5.38 Å². The van der Waals surface area contributed by atoms with Crippen LogP contribution in [-0.4, -0.2) is 42.0 Å². The SMILES string of the molecule is CCOC(C)c1nc(CN(C)C(=O)CC2CCCN2)cs1.Cl.Cl. The maximum absolute atomic E-state index is 12.2. The third-order valence-corrected chi connectivity index (χ3v) is 4.80. The summed E-state index contributed by atoms with van der Waals surface area (Å²) in [6.45, 7) is 6.28. The summed E-state index contributed by atoms with van der Waals surface area (Å²) in [7, 11) is 1.85. The monoisotopic (exact) mass is 383 g/mol. The molecule has 134 valence electrons. The van der Waals surface area contributed by atoms with Gasteiger partial charge < -0.3 is 15.0 Å². The average molecular weight is 384 g/mol. The number of amides is 1. The second kappa shape index (κ2) is 11.2. The molecule has 0 spiro atoms. The molecule has 0 saturated carbocycles. The molecule has 1 amide bonds. The first kappa shape index (κ1) is 22.6. The van der Waals surface area contributed by atoms with Crippen LogP contribution >= 0.6 is 36.2 Å². The Morgan fingerprint density at radius 2 is 2.30 bits per heavy atom. The van der Waals surface area contributed by atoms with Gasteiger partial charge in [-0.05, 0) is 33.2 Å². The van der Waals surface area contributed by atoms with Crippen molar-refractivity contribution < 1.29 is 9.53 Å². The van der Waals surface area contributed by atoms with Gasteiger partial charge in [0, 0.05) is 31.5 Å². The number of nitrogens with one attached hydrogen (secondary N) is 1. The van der Waals surface area contributed by atoms with Gasteiger partial charge in [-0.1, -0.05) is 0 Å². The van der Waals surface area contributed by atoms with Gasteiger partial charge in [0.2, 0.25) is 5.91 Å². The number of nitrogens with zero attached hydrogens (tertiary/aromatic N) is 2. The molecule has 0 radical (unpaired) electrons. The second-order valence-electron chi connectivity index (χ2n) is 5.52. The highest BCUT2D eigenvalue weighted by atomic mass is 35.5. The van der Waals surface area contributed by atoms with E-state index in [2.05, 4.69) is 10.3 Å². The van der Waals surface area contributed by atoms with Crippen molar-refractivity contribution in [2.45, 2.75) is 51.8 Å². The Morgan fingerprint density at radius 3 is 2.91 bits per heavy atom. The van der Waals surface area contributed by atoms with Crippen LogP contribution < -0.4 is 5.32 Å². The summed E-state index contributed by atoms with van der Waals surface area (Å²) >= 11 is 1.60. The Bertz CT molecular complexity index is 467. The number of hydrogen-bond acceptors (Lipinski definition) is 5. The van der Waals surface area contributed by atoms with E-state index in [-0.39, 0.29) is 36.8 Å². The van der Waals surface area contributed by atoms with Crippen molar-refractivity contribution in [3.63, 3.8) is 0 Å². The van der Waals surface area contributed by atoms with Crippen LogP contribution in [-0.2, 0) is 16.1 Å². The second-order valence-corrected chi connectivity index (χ2v) is 6.41. The molecule has 0 bridgehead atoms. The maximum atomic E-state index is 12.2. The Labute approximate surface area is 155 Å². The van der Waals surface area contributed by atoms with Crippen LogP contribution in [0.3, 0.4) is 0 Å². The van der Waals surface area contributed by atoms with Crippen molar-refractivity contribution in [1.82, 2.24) is 15.2 Å². The lowest BCUT2D eigenvalue weighted by molar-refractivity contribution is -0.130. The summed E-state index contributed by atoms with van der Waals surface area (Å²) in [5, 5.41) is 6.36. The van der Waals surface area contributed by atoms with E-state index in [0.717, 1.165) is 23.7 Å². The largest absolute Gasteiger partial charge is 0.372 e. The third-order valence-electron chi connectivity index (χ3n) is 3.74. The van der Waals surface area contributed by atoms with Crippen LogP contribution in [0.5, 0.6) is 0 Å². The third kappa shape index (κ3) is 6.93. The number of rotatable bonds is 7. The molecule has 5 nitrogen and oxygen atoms in total. The number of thiazole rings is 1. The topological polar surface area (TPSA) is 54.5 Å². The van der Waals surface area contributed by atoms with E-state index in [0.29, 0.717) is 25.6 Å². The zero-order valence-electron chi connectivity index (χ0n) is 13.9. The van der Waals surface area contributed by atoms with E-state index in [1.807, 2.05) is 26.3 Å². The summed E-state index contributed by atoms with van der Waals surface area (Å²) in [4.78, 5) is 18.5. The van der Waals surface area contributed by atoms with E-state index in [9.17, 15) is 4.79 Å². The van der Waals surface area contributed by atoms with Gasteiger partial charge in [-0.15, -0.1) is 36.2 Å². The number of carbonyl (C=O) groups excluding carboxylic acids is 1. The smallest absolute Gasteiger partial charge is 0.224 e. The van der Waals surface area contributed by atoms with E-state index in [1.54, 1.807) is 16.2 Å². The van der Waals surface area contributed by atoms with Gasteiger partial charge in [-0.3, -0.25) is 4.79 Å². The fourth-order valence-electron chi connectivity index (χ4n) is 2.53. The van der Waals surface area contributed by atoms with E-state index >= 15 is 0 Å². The molecular formula is C15H27Cl2N3O2S. The average Bonchev–Trinajstić information content (AvgIpc) is 3.10. The zero-order chi connectivity index (χ0) is 15.2. The quantitative estimate of drug-likeness (QED) is 0.785. The standard InChI is InChI=1S/C15H25N3O2S.2ClH/c1-4-20-11(2)15-17-13(10-21-15)9-18(3)14(19)8-12-6-5-7-16-12;;/h10-12,16H,4-9H2,1-3H3;2*1H. The number of carbonyl (C=O) groups is 1. The first-order chi connectivity index (χ1) is 10.1. The minimum atomic E-state index is 0. The van der Waals surface area contributed by atoms with Gasteiger partial charge in [0.15, 0.2) is 0 Å². The van der Waals surface area contributed by atoms with Crippen molar-refractivity contribution >= 4 is 42.1 Å². The minimum Gasteiger partial charge on any atom is -0.372 e. The summed E-state index contributed by atoms with van der Waals surface area (Å²) < 4.78 is 5.54. The highest BCUT2D eigenvalue weighted by Crippen LogP contribution is 2.21. The van der Waals surface area contributed by atoms with Gasteiger partial charge in [-0.2, -0.15) is 0 Å². The van der Waals surface area contributed by atoms with E-state index in [1.165, 1.54) is 6.42 Å². The number of halogens is 2. The van der Waals surface area contributed by atoms with Crippen molar-refractivity contribution in [2.24, 2.45) is 0 Å². The molecule has 1 N–H and O–H groups in total. The van der Waals surface area contributed by atoms with Crippen LogP contribution in [0.2, 0.25) is 0 Å². The van der Waals surface area contributed by atoms with Crippen molar-refractivity contribution in [3.8, 4) is 0 Å². The lowest BCUT2D eigenvalue weighted by Crippen LogP contribution is -2.33. The van der Waals surface area contributed by atoms with Crippen molar-refractivity contribution in [1.29, 1.82) is 0 Å². The molecule has 0 aliphatic carbocycles. The first-order valence-electron chi connectivity index (χ1n) is 7.63. The van der Waals surface area contributed by atoms with E-state index < -0.39 is 0 Å². The fraction of sp³-hybridized carbons (Fsp3) is 0.733. The minimum absolute atomic E-state index is 0. The molecule has 1 saturated heterocycles. The van der Waals surface area contributed by atoms with Gasteiger partial charge in [0.05, 0.1) is 12.2 Å². The van der Waals surface area contributed by atoms with Gasteiger partial charge >= 0.3 is 0 Å². The molecule has 1 aromatic heterocycles. The maximum Gasteiger partial charge on any atom is 0.224 e. The molecule has 1 aliphatic rings. The summed E-state index contributed by atoms with van der Waals surface area (Å²) in [5.41, 5.74) is 0.941. The lowest BCUT2D eigenvalue weighted by atomic mass is 10.1. The molecule has 2 rings (SSSR count). The van der Waals surface area contributed by atoms with Gasteiger partial charge in [0.25, 0.3) is 0 Å². The van der Waals surface area contributed by atoms with Crippen LogP contribution in [0, 0.1) is 0 Å². The Hall–Kier alpha value is -0.400. The van der Waals surface area contributed by atoms with Crippen molar-refractivity contribution in [3.05, 3.63) is 16.1 Å². The number of aromatic nitrogens is 1. The number of ether oxygens (including phenoxy) is 1. The highest BCUT2D eigenvalue weighted by molar-refractivity contribution is 7.09. The Kier molecular flexibility index (Phi) is 11.0. The van der Waals surface area contributed by atoms with Gasteiger partial charge in [0.1, 0.15) is 11.1 Å². The van der Waals surface area contributed by atoms with Crippen LogP contribution in [0.4, 0.5) is 0 Å². The molecule has 2 heterocycles. The predicted molar refractivity (Wildman–Crippen MR) is 98.8 cm³/mol. The fourth-order valence-corrected chi connectivity index (χ4v) is 3.35. The first-order valence-corrected chi connectivity index (χ1v) is 8.51. The summed E-state index contributed by atoms with van der Waals surface area (Å²) in [5.74, 6) is 0.182. The van der Waals surface area contributed by atoms with E-state index in [4.69, 9.17) is 4.74 Å². The normalized spacial score (nSPS) is 18.0. The molecule has 2 unspecified atom stereocenters. The highest BCUT2D eigenvalue weighted by Gasteiger charge is 2.20. The molecule has 2 atom stereocenters. The number of hydrogen-bond donors (Lipinski definition) is 1.